The summed E-state index contributed by atoms with van der Waals surface area (Å²) in [6.07, 6.45) is 6.02. The van der Waals surface area contributed by atoms with Crippen LogP contribution in [-0.2, 0) is 16.1 Å². The zero-order valence-corrected chi connectivity index (χ0v) is 12.4. The molecule has 0 spiro atoms. The van der Waals surface area contributed by atoms with Crippen molar-refractivity contribution in [2.24, 2.45) is 5.92 Å². The van der Waals surface area contributed by atoms with E-state index in [-0.39, 0.29) is 0 Å². The minimum Gasteiger partial charge on any atom is -0.379 e. The molecule has 0 N–H and O–H groups in total. The Morgan fingerprint density at radius 3 is 2.76 bits per heavy atom. The van der Waals surface area contributed by atoms with Crippen LogP contribution in [0.15, 0.2) is 36.4 Å². The smallest absolute Gasteiger partial charge is 0.0719 e. The lowest BCUT2D eigenvalue weighted by molar-refractivity contribution is 0.0190. The molecule has 1 fully saturated rings. The molecular weight excluding hydrogens is 262 g/mol. The molecule has 1 aromatic carbocycles. The van der Waals surface area contributed by atoms with Gasteiger partial charge in [0.15, 0.2) is 0 Å². The van der Waals surface area contributed by atoms with Gasteiger partial charge in [-0.05, 0) is 23.5 Å². The molecule has 0 bridgehead atoms. The number of hydrogen-bond acceptors (Lipinski definition) is 3. The number of rotatable bonds is 1. The molecule has 3 aliphatic rings. The number of hydrogen-bond donors (Lipinski definition) is 0. The van der Waals surface area contributed by atoms with Gasteiger partial charge in [0, 0.05) is 25.0 Å². The highest BCUT2D eigenvalue weighted by Gasteiger charge is 2.33. The summed E-state index contributed by atoms with van der Waals surface area (Å²) in [6.45, 7) is 5.48. The highest BCUT2D eigenvalue weighted by molar-refractivity contribution is 5.34. The van der Waals surface area contributed by atoms with Gasteiger partial charge in [-0.3, -0.25) is 4.90 Å². The van der Waals surface area contributed by atoms with Crippen molar-refractivity contribution in [1.29, 1.82) is 0 Å². The second kappa shape index (κ2) is 5.91. The summed E-state index contributed by atoms with van der Waals surface area (Å²) < 4.78 is 11.4. The Morgan fingerprint density at radius 1 is 1.00 bits per heavy atom. The predicted octanol–water partition coefficient (Wildman–Crippen LogP) is 2.58. The van der Waals surface area contributed by atoms with Crippen molar-refractivity contribution in [3.63, 3.8) is 0 Å². The van der Waals surface area contributed by atoms with Crippen LogP contribution in [0.5, 0.6) is 0 Å². The van der Waals surface area contributed by atoms with E-state index in [9.17, 15) is 0 Å². The molecular formula is C18H23NO2. The average molecular weight is 285 g/mol. The van der Waals surface area contributed by atoms with Gasteiger partial charge < -0.3 is 9.47 Å². The standard InChI is InChI=1S/C18H23NO2/c1-2-4-17-14(3-1)12-21-13-15-5-6-16(11-18(15)17)19-7-9-20-10-8-19/h1-6,15-16,18H,7-13H2/t15-,16+,18-/m1/s1. The maximum absolute atomic E-state index is 5.89. The van der Waals surface area contributed by atoms with E-state index in [0.29, 0.717) is 17.9 Å². The number of morpholine rings is 1. The van der Waals surface area contributed by atoms with Crippen molar-refractivity contribution in [3.05, 3.63) is 47.5 Å². The highest BCUT2D eigenvalue weighted by atomic mass is 16.5. The maximum atomic E-state index is 5.89. The third kappa shape index (κ3) is 2.66. The summed E-state index contributed by atoms with van der Waals surface area (Å²) in [6, 6.07) is 9.38. The fourth-order valence-electron chi connectivity index (χ4n) is 3.96. The van der Waals surface area contributed by atoms with E-state index < -0.39 is 0 Å². The Balaban J connectivity index is 1.60. The first kappa shape index (κ1) is 13.5. The fraction of sp³-hybridized carbons (Fsp3) is 0.556. The van der Waals surface area contributed by atoms with Gasteiger partial charge >= 0.3 is 0 Å². The average Bonchev–Trinajstić information content (AvgIpc) is 2.74. The van der Waals surface area contributed by atoms with E-state index in [0.717, 1.165) is 39.5 Å². The molecule has 4 rings (SSSR count). The summed E-state index contributed by atoms with van der Waals surface area (Å²) in [7, 11) is 0. The number of ether oxygens (including phenoxy) is 2. The van der Waals surface area contributed by atoms with E-state index in [1.165, 1.54) is 17.5 Å². The van der Waals surface area contributed by atoms with Gasteiger partial charge in [0.2, 0.25) is 0 Å². The molecule has 0 unspecified atom stereocenters. The molecule has 0 saturated carbocycles. The lowest BCUT2D eigenvalue weighted by atomic mass is 9.76. The summed E-state index contributed by atoms with van der Waals surface area (Å²) in [5.74, 6) is 1.13. The molecule has 0 amide bonds. The Morgan fingerprint density at radius 2 is 1.86 bits per heavy atom. The van der Waals surface area contributed by atoms with Gasteiger partial charge in [-0.1, -0.05) is 36.4 Å². The van der Waals surface area contributed by atoms with Gasteiger partial charge in [0.25, 0.3) is 0 Å². The quantitative estimate of drug-likeness (QED) is 0.740. The highest BCUT2D eigenvalue weighted by Crippen LogP contribution is 2.39. The SMILES string of the molecule is C1=C[C@H](N2CCOCC2)C[C@H]2c3ccccc3COC[C@@H]12. The van der Waals surface area contributed by atoms with Gasteiger partial charge in [-0.15, -0.1) is 0 Å². The lowest BCUT2D eigenvalue weighted by Gasteiger charge is -2.39. The molecule has 2 heterocycles. The van der Waals surface area contributed by atoms with Crippen LogP contribution in [0.4, 0.5) is 0 Å². The maximum Gasteiger partial charge on any atom is 0.0719 e. The van der Waals surface area contributed by atoms with Crippen LogP contribution >= 0.6 is 0 Å². The van der Waals surface area contributed by atoms with Crippen molar-refractivity contribution >= 4 is 0 Å². The molecule has 1 aromatic rings. The van der Waals surface area contributed by atoms with Crippen molar-refractivity contribution in [1.82, 2.24) is 4.90 Å². The van der Waals surface area contributed by atoms with Crippen LogP contribution in [-0.4, -0.2) is 43.9 Å². The zero-order valence-electron chi connectivity index (χ0n) is 12.4. The van der Waals surface area contributed by atoms with Gasteiger partial charge in [-0.2, -0.15) is 0 Å². The molecule has 0 aromatic heterocycles. The van der Waals surface area contributed by atoms with Gasteiger partial charge in [-0.25, -0.2) is 0 Å². The molecule has 1 aliphatic carbocycles. The van der Waals surface area contributed by atoms with Crippen molar-refractivity contribution < 1.29 is 9.47 Å². The topological polar surface area (TPSA) is 21.7 Å². The first-order valence-corrected chi connectivity index (χ1v) is 8.07. The van der Waals surface area contributed by atoms with Crippen molar-refractivity contribution in [2.75, 3.05) is 32.9 Å². The largest absolute Gasteiger partial charge is 0.379 e. The minimum atomic E-state index is 0.533. The number of nitrogens with zero attached hydrogens (tertiary/aromatic N) is 1. The van der Waals surface area contributed by atoms with Crippen LogP contribution in [0.1, 0.15) is 23.5 Å². The van der Waals surface area contributed by atoms with Gasteiger partial charge in [0.1, 0.15) is 0 Å². The third-order valence-corrected chi connectivity index (χ3v) is 5.13. The Kier molecular flexibility index (Phi) is 3.80. The van der Waals surface area contributed by atoms with E-state index in [1.54, 1.807) is 0 Å². The van der Waals surface area contributed by atoms with Crippen LogP contribution in [0, 0.1) is 5.92 Å². The first-order chi connectivity index (χ1) is 10.4. The summed E-state index contributed by atoms with van der Waals surface area (Å²) in [4.78, 5) is 2.57. The van der Waals surface area contributed by atoms with Crippen LogP contribution in [0.25, 0.3) is 0 Å². The van der Waals surface area contributed by atoms with E-state index >= 15 is 0 Å². The molecule has 112 valence electrons. The molecule has 21 heavy (non-hydrogen) atoms. The Bertz CT molecular complexity index is 522. The van der Waals surface area contributed by atoms with Crippen LogP contribution < -0.4 is 0 Å². The summed E-state index contributed by atoms with van der Waals surface area (Å²) in [5.41, 5.74) is 2.88. The Labute approximate surface area is 126 Å². The third-order valence-electron chi connectivity index (χ3n) is 5.13. The predicted molar refractivity (Wildman–Crippen MR) is 82.3 cm³/mol. The normalized spacial score (nSPS) is 33.0. The Hall–Kier alpha value is -1.16. The van der Waals surface area contributed by atoms with Crippen molar-refractivity contribution in [3.8, 4) is 0 Å². The molecule has 0 radical (unpaired) electrons. The summed E-state index contributed by atoms with van der Waals surface area (Å²) in [5, 5.41) is 0. The molecule has 3 heteroatoms. The van der Waals surface area contributed by atoms with E-state index in [4.69, 9.17) is 9.47 Å². The van der Waals surface area contributed by atoms with Gasteiger partial charge in [0.05, 0.1) is 26.4 Å². The minimum absolute atomic E-state index is 0.533. The number of benzene rings is 1. The second-order valence-electron chi connectivity index (χ2n) is 6.32. The molecule has 2 aliphatic heterocycles. The van der Waals surface area contributed by atoms with E-state index in [2.05, 4.69) is 41.3 Å². The van der Waals surface area contributed by atoms with E-state index in [1.807, 2.05) is 0 Å². The number of fused-ring (bicyclic) bond motifs is 3. The first-order valence-electron chi connectivity index (χ1n) is 8.07. The molecule has 3 atom stereocenters. The monoisotopic (exact) mass is 285 g/mol. The molecule has 1 saturated heterocycles. The van der Waals surface area contributed by atoms with Crippen molar-refractivity contribution in [2.45, 2.75) is 25.0 Å². The van der Waals surface area contributed by atoms with Crippen LogP contribution in [0.3, 0.4) is 0 Å². The molecule has 3 nitrogen and oxygen atoms in total. The van der Waals surface area contributed by atoms with Crippen LogP contribution in [0.2, 0.25) is 0 Å². The summed E-state index contributed by atoms with van der Waals surface area (Å²) >= 11 is 0. The lowest BCUT2D eigenvalue weighted by Crippen LogP contribution is -2.45. The second-order valence-corrected chi connectivity index (χ2v) is 6.32. The fourth-order valence-corrected chi connectivity index (χ4v) is 3.96. The zero-order chi connectivity index (χ0) is 14.1.